The van der Waals surface area contributed by atoms with Crippen LogP contribution in [0.15, 0.2) is 39.3 Å². The van der Waals surface area contributed by atoms with Crippen LogP contribution in [0.5, 0.6) is 5.75 Å². The minimum atomic E-state index is -0.779. The first-order valence-corrected chi connectivity index (χ1v) is 9.02. The summed E-state index contributed by atoms with van der Waals surface area (Å²) in [7, 11) is 0. The Labute approximate surface area is 154 Å². The average molecular weight is 393 g/mol. The highest BCUT2D eigenvalue weighted by Crippen LogP contribution is 2.40. The summed E-state index contributed by atoms with van der Waals surface area (Å²) in [6, 6.07) is 6.29. The number of aromatic hydroxyl groups is 1. The quantitative estimate of drug-likeness (QED) is 0.495. The van der Waals surface area contributed by atoms with Gasteiger partial charge < -0.3 is 21.1 Å². The number of H-pyrrole nitrogens is 1. The lowest BCUT2D eigenvalue weighted by Crippen LogP contribution is -2.15. The van der Waals surface area contributed by atoms with Gasteiger partial charge in [0, 0.05) is 11.8 Å². The Morgan fingerprint density at radius 1 is 1.31 bits per heavy atom. The van der Waals surface area contributed by atoms with Gasteiger partial charge >= 0.3 is 0 Å². The third-order valence-electron chi connectivity index (χ3n) is 3.33. The van der Waals surface area contributed by atoms with Gasteiger partial charge in [0.2, 0.25) is 5.91 Å². The highest BCUT2D eigenvalue weighted by Gasteiger charge is 2.21. The molecule has 1 aromatic carbocycles. The van der Waals surface area contributed by atoms with Crippen LogP contribution >= 0.6 is 23.1 Å². The summed E-state index contributed by atoms with van der Waals surface area (Å²) in [4.78, 5) is 37.8. The van der Waals surface area contributed by atoms with Crippen molar-refractivity contribution >= 4 is 50.8 Å². The number of nitrogens with two attached hydrogens (primary N) is 1. The Morgan fingerprint density at radius 3 is 2.65 bits per heavy atom. The van der Waals surface area contributed by atoms with Gasteiger partial charge in [0.1, 0.15) is 11.6 Å². The number of benzene rings is 1. The van der Waals surface area contributed by atoms with Crippen LogP contribution in [-0.2, 0) is 4.79 Å². The number of nitrogens with one attached hydrogen (secondary N) is 2. The van der Waals surface area contributed by atoms with E-state index in [9.17, 15) is 23.9 Å². The molecule has 0 aliphatic carbocycles. The zero-order valence-electron chi connectivity index (χ0n) is 13.0. The first-order chi connectivity index (χ1) is 12.3. The normalized spacial score (nSPS) is 10.8. The molecule has 0 spiro atoms. The minimum Gasteiger partial charge on any atom is -0.506 e. The van der Waals surface area contributed by atoms with E-state index in [-0.39, 0.29) is 28.5 Å². The number of thiophene rings is 1. The number of carbonyl (C=O) groups excluding carboxylic acids is 2. The molecule has 0 radical (unpaired) electrons. The summed E-state index contributed by atoms with van der Waals surface area (Å²) in [5.41, 5.74) is 5.45. The number of amides is 2. The van der Waals surface area contributed by atoms with Crippen molar-refractivity contribution in [3.63, 3.8) is 0 Å². The smallest absolute Gasteiger partial charge is 0.252 e. The van der Waals surface area contributed by atoms with Gasteiger partial charge in [-0.05, 0) is 24.3 Å². The van der Waals surface area contributed by atoms with E-state index in [1.54, 1.807) is 0 Å². The van der Waals surface area contributed by atoms with E-state index in [4.69, 9.17) is 5.73 Å². The monoisotopic (exact) mass is 393 g/mol. The summed E-state index contributed by atoms with van der Waals surface area (Å²) in [6.07, 6.45) is 0. The number of rotatable bonds is 5. The Hall–Kier alpha value is -2.85. The van der Waals surface area contributed by atoms with Crippen molar-refractivity contribution < 1.29 is 19.1 Å². The van der Waals surface area contributed by atoms with Gasteiger partial charge in [-0.1, -0.05) is 0 Å². The number of hydrogen-bond donors (Lipinski definition) is 4. The van der Waals surface area contributed by atoms with Crippen LogP contribution in [0.1, 0.15) is 10.4 Å². The number of aromatic amines is 1. The molecule has 0 atom stereocenters. The fourth-order valence-corrected chi connectivity index (χ4v) is 4.50. The molecule has 5 N–H and O–H groups in total. The van der Waals surface area contributed by atoms with Crippen molar-refractivity contribution in [2.75, 3.05) is 11.1 Å². The Kier molecular flexibility index (Phi) is 4.96. The van der Waals surface area contributed by atoms with Crippen LogP contribution in [0.25, 0.3) is 10.2 Å². The van der Waals surface area contributed by atoms with Crippen LogP contribution in [0.4, 0.5) is 10.1 Å². The van der Waals surface area contributed by atoms with Crippen molar-refractivity contribution in [2.45, 2.75) is 4.21 Å². The summed E-state index contributed by atoms with van der Waals surface area (Å²) in [6.45, 7) is 0. The lowest BCUT2D eigenvalue weighted by atomic mass is 10.2. The molecular formula is C16H12FN3O4S2. The van der Waals surface area contributed by atoms with Gasteiger partial charge in [0.25, 0.3) is 11.5 Å². The molecule has 26 heavy (non-hydrogen) atoms. The largest absolute Gasteiger partial charge is 0.506 e. The minimum absolute atomic E-state index is 0.0462. The van der Waals surface area contributed by atoms with E-state index >= 15 is 0 Å². The number of thioether (sulfide) groups is 1. The lowest BCUT2D eigenvalue weighted by molar-refractivity contribution is -0.113. The zero-order valence-corrected chi connectivity index (χ0v) is 14.7. The van der Waals surface area contributed by atoms with Crippen molar-refractivity contribution in [1.82, 2.24) is 4.98 Å². The average Bonchev–Trinajstić information content (AvgIpc) is 2.94. The van der Waals surface area contributed by atoms with E-state index in [0.29, 0.717) is 14.6 Å². The molecule has 0 saturated carbocycles. The van der Waals surface area contributed by atoms with Crippen LogP contribution in [0.2, 0.25) is 0 Å². The molecule has 2 aromatic heterocycles. The van der Waals surface area contributed by atoms with Gasteiger partial charge in [0.05, 0.1) is 25.7 Å². The number of pyridine rings is 1. The van der Waals surface area contributed by atoms with E-state index in [0.717, 1.165) is 29.2 Å². The van der Waals surface area contributed by atoms with Crippen LogP contribution in [-0.4, -0.2) is 27.7 Å². The standard InChI is InChI=1S/C16H12FN3O4S2/c17-7-1-3-8(4-2-7)19-11(23)6-25-16-12(15(18)24)13-14(26-16)9(21)5-10(22)20-13/h1-5H,6H2,(H2,18,24)(H,19,23)(H2,20,21,22). The first kappa shape index (κ1) is 18.0. The molecule has 2 amide bonds. The molecule has 7 nitrogen and oxygen atoms in total. The summed E-state index contributed by atoms with van der Waals surface area (Å²) in [5.74, 6) is -1.87. The number of hydrogen-bond acceptors (Lipinski definition) is 6. The summed E-state index contributed by atoms with van der Waals surface area (Å²) in [5, 5.41) is 12.5. The maximum Gasteiger partial charge on any atom is 0.252 e. The van der Waals surface area contributed by atoms with Crippen LogP contribution in [0, 0.1) is 5.82 Å². The highest BCUT2D eigenvalue weighted by atomic mass is 32.2. The van der Waals surface area contributed by atoms with E-state index < -0.39 is 17.3 Å². The van der Waals surface area contributed by atoms with Gasteiger partial charge in [0.15, 0.2) is 0 Å². The molecule has 0 unspecified atom stereocenters. The summed E-state index contributed by atoms with van der Waals surface area (Å²) < 4.78 is 13.6. The number of halogens is 1. The number of aromatic nitrogens is 1. The first-order valence-electron chi connectivity index (χ1n) is 7.22. The molecule has 0 fully saturated rings. The van der Waals surface area contributed by atoms with E-state index in [1.165, 1.54) is 24.3 Å². The Bertz CT molecular complexity index is 1060. The predicted octanol–water partition coefficient (Wildman–Crippen LogP) is 2.26. The number of anilines is 1. The number of carbonyl (C=O) groups is 2. The molecule has 2 heterocycles. The molecule has 134 valence electrons. The fraction of sp³-hybridized carbons (Fsp3) is 0.0625. The molecule has 0 aliphatic rings. The van der Waals surface area contributed by atoms with E-state index in [1.807, 2.05) is 0 Å². The van der Waals surface area contributed by atoms with Crippen molar-refractivity contribution in [3.8, 4) is 5.75 Å². The molecule has 0 saturated heterocycles. The maximum absolute atomic E-state index is 12.9. The van der Waals surface area contributed by atoms with Crippen molar-refractivity contribution in [3.05, 3.63) is 52.1 Å². The molecule has 0 bridgehead atoms. The maximum atomic E-state index is 12.9. The van der Waals surface area contributed by atoms with Crippen LogP contribution < -0.4 is 16.6 Å². The van der Waals surface area contributed by atoms with Crippen LogP contribution in [0.3, 0.4) is 0 Å². The predicted molar refractivity (Wildman–Crippen MR) is 98.4 cm³/mol. The third kappa shape index (κ3) is 3.70. The second-order valence-electron chi connectivity index (χ2n) is 5.20. The highest BCUT2D eigenvalue weighted by molar-refractivity contribution is 8.02. The molecule has 3 aromatic rings. The van der Waals surface area contributed by atoms with Gasteiger partial charge in [-0.2, -0.15) is 0 Å². The second kappa shape index (κ2) is 7.18. The van der Waals surface area contributed by atoms with Crippen molar-refractivity contribution in [2.24, 2.45) is 5.73 Å². The topological polar surface area (TPSA) is 125 Å². The zero-order chi connectivity index (χ0) is 18.8. The van der Waals surface area contributed by atoms with Gasteiger partial charge in [-0.15, -0.1) is 23.1 Å². The fourth-order valence-electron chi connectivity index (χ4n) is 2.25. The molecule has 0 aliphatic heterocycles. The van der Waals surface area contributed by atoms with Gasteiger partial charge in [-0.25, -0.2) is 4.39 Å². The van der Waals surface area contributed by atoms with Gasteiger partial charge in [-0.3, -0.25) is 14.4 Å². The number of primary amides is 1. The third-order valence-corrected chi connectivity index (χ3v) is 5.82. The number of fused-ring (bicyclic) bond motifs is 1. The second-order valence-corrected chi connectivity index (χ2v) is 7.46. The molecule has 10 heteroatoms. The van der Waals surface area contributed by atoms with Crippen molar-refractivity contribution in [1.29, 1.82) is 0 Å². The Morgan fingerprint density at radius 2 is 2.00 bits per heavy atom. The summed E-state index contributed by atoms with van der Waals surface area (Å²) >= 11 is 2.09. The SMILES string of the molecule is NC(=O)c1c(SCC(=O)Nc2ccc(F)cc2)sc2c(O)cc(=O)[nH]c12. The Balaban J connectivity index is 1.82. The molecular weight excluding hydrogens is 381 g/mol. The van der Waals surface area contributed by atoms with E-state index in [2.05, 4.69) is 10.3 Å². The molecule has 3 rings (SSSR count). The lowest BCUT2D eigenvalue weighted by Gasteiger charge is -2.05.